The van der Waals surface area contributed by atoms with Gasteiger partial charge in [0.15, 0.2) is 11.6 Å². The van der Waals surface area contributed by atoms with E-state index in [2.05, 4.69) is 15.3 Å². The highest BCUT2D eigenvalue weighted by Crippen LogP contribution is 2.39. The maximum absolute atomic E-state index is 14.7. The molecule has 0 fully saturated rings. The molecule has 0 spiro atoms. The van der Waals surface area contributed by atoms with Gasteiger partial charge in [0.25, 0.3) is 5.91 Å². The first-order valence-corrected chi connectivity index (χ1v) is 13.7. The van der Waals surface area contributed by atoms with E-state index in [1.807, 2.05) is 36.4 Å². The molecule has 0 radical (unpaired) electrons. The first kappa shape index (κ1) is 27.2. The zero-order valence-corrected chi connectivity index (χ0v) is 23.0. The van der Waals surface area contributed by atoms with Crippen molar-refractivity contribution in [3.05, 3.63) is 107 Å². The number of carbonyl (C=O) groups is 2. The van der Waals surface area contributed by atoms with Crippen LogP contribution in [0.4, 0.5) is 4.39 Å². The van der Waals surface area contributed by atoms with Crippen LogP contribution in [-0.2, 0) is 17.6 Å². The average molecular weight is 569 g/mol. The van der Waals surface area contributed by atoms with Gasteiger partial charge in [0.1, 0.15) is 11.5 Å². The van der Waals surface area contributed by atoms with Gasteiger partial charge in [-0.1, -0.05) is 24.3 Å². The fraction of sp³-hybridized carbons (Fsp3) is 0.250. The van der Waals surface area contributed by atoms with Crippen LogP contribution in [0.2, 0.25) is 0 Å². The summed E-state index contributed by atoms with van der Waals surface area (Å²) in [6.07, 6.45) is 4.19. The summed E-state index contributed by atoms with van der Waals surface area (Å²) in [6, 6.07) is 17.4. The maximum atomic E-state index is 14.7. The number of carbonyl (C=O) groups excluding carboxylic acids is 2. The Bertz CT molecular complexity index is 1630. The van der Waals surface area contributed by atoms with Crippen LogP contribution in [0.5, 0.6) is 23.3 Å². The van der Waals surface area contributed by atoms with Gasteiger partial charge in [-0.05, 0) is 71.5 Å². The highest BCUT2D eigenvalue weighted by molar-refractivity contribution is 5.94. The molecule has 1 aromatic heterocycles. The first-order valence-electron chi connectivity index (χ1n) is 13.7. The van der Waals surface area contributed by atoms with Gasteiger partial charge in [-0.2, -0.15) is 0 Å². The van der Waals surface area contributed by atoms with Crippen molar-refractivity contribution in [3.63, 3.8) is 0 Å². The lowest BCUT2D eigenvalue weighted by atomic mass is 9.87. The Balaban J connectivity index is 1.41. The largest absolute Gasteiger partial charge is 0.494 e. The second kappa shape index (κ2) is 11.9. The van der Waals surface area contributed by atoms with Gasteiger partial charge in [-0.3, -0.25) is 9.59 Å². The minimum atomic E-state index is -0.520. The number of hydrogen-bond acceptors (Lipinski definition) is 7. The molecule has 3 aliphatic heterocycles. The van der Waals surface area contributed by atoms with Crippen LogP contribution in [-0.4, -0.2) is 53.5 Å². The standard InChI is InChI=1S/C32H29FN4O5/c1-40-32-35-18-23(19-36-32)31(39)37-12-10-21-16-25-7-8-26(21)30(37)22-4-2-5-24(17-22)41-13-3-11-34-29(38)15-20-6-9-27(33)28(14-20)42-25/h2,4-9,14,16-19,30H,3,10-13,15H2,1H3,(H,34,38). The number of hydrogen-bond donors (Lipinski definition) is 1. The molecular weight excluding hydrogens is 539 g/mol. The van der Waals surface area contributed by atoms with Crippen molar-refractivity contribution >= 4 is 11.8 Å². The number of nitrogens with one attached hydrogen (secondary N) is 1. The molecule has 4 heterocycles. The Hall–Kier alpha value is -4.99. The minimum absolute atomic E-state index is 0.0444. The number of halogens is 1. The molecule has 2 amide bonds. The van der Waals surface area contributed by atoms with E-state index in [1.54, 1.807) is 23.1 Å². The predicted molar refractivity (Wildman–Crippen MR) is 151 cm³/mol. The summed E-state index contributed by atoms with van der Waals surface area (Å²) in [5.41, 5.74) is 3.77. The third kappa shape index (κ3) is 5.74. The van der Waals surface area contributed by atoms with Crippen molar-refractivity contribution in [2.45, 2.75) is 25.3 Å². The molecule has 10 heteroatoms. The number of ether oxygens (including phenoxy) is 3. The summed E-state index contributed by atoms with van der Waals surface area (Å²) >= 11 is 0. The SMILES string of the molecule is COc1ncc(C(=O)N2CCc3cc4ccc3C2c2cccc(c2)OCCCNC(=O)Cc2ccc(F)c(c2)O4)cn1. The van der Waals surface area contributed by atoms with Crippen LogP contribution in [0.15, 0.2) is 73.1 Å². The van der Waals surface area contributed by atoms with Crippen molar-refractivity contribution in [2.24, 2.45) is 0 Å². The van der Waals surface area contributed by atoms with Gasteiger partial charge in [0, 0.05) is 25.5 Å². The van der Waals surface area contributed by atoms with Crippen molar-refractivity contribution in [3.8, 4) is 23.3 Å². The Morgan fingerprint density at radius 1 is 1.07 bits per heavy atom. The summed E-state index contributed by atoms with van der Waals surface area (Å²) in [7, 11) is 1.47. The van der Waals surface area contributed by atoms with Crippen molar-refractivity contribution in [1.29, 1.82) is 0 Å². The highest BCUT2D eigenvalue weighted by atomic mass is 19.1. The fourth-order valence-corrected chi connectivity index (χ4v) is 5.32. The van der Waals surface area contributed by atoms with Crippen LogP contribution >= 0.6 is 0 Å². The normalized spacial score (nSPS) is 16.7. The summed E-state index contributed by atoms with van der Waals surface area (Å²) in [5, 5.41) is 2.88. The number of benzene rings is 3. The summed E-state index contributed by atoms with van der Waals surface area (Å²) in [5.74, 6) is 0.269. The quantitative estimate of drug-likeness (QED) is 0.376. The number of aromatic nitrogens is 2. The van der Waals surface area contributed by atoms with E-state index in [1.165, 1.54) is 25.6 Å². The molecule has 0 aliphatic carbocycles. The van der Waals surface area contributed by atoms with E-state index in [-0.39, 0.29) is 30.0 Å². The molecule has 9 nitrogen and oxygen atoms in total. The molecule has 1 N–H and O–H groups in total. The Labute approximate surface area is 242 Å². The summed E-state index contributed by atoms with van der Waals surface area (Å²) in [4.78, 5) is 36.3. The summed E-state index contributed by atoms with van der Waals surface area (Å²) in [6.45, 7) is 1.26. The molecule has 0 saturated heterocycles. The molecule has 7 rings (SSSR count). The van der Waals surface area contributed by atoms with E-state index >= 15 is 0 Å². The maximum Gasteiger partial charge on any atom is 0.316 e. The zero-order valence-electron chi connectivity index (χ0n) is 23.0. The van der Waals surface area contributed by atoms with Crippen LogP contribution in [0.1, 0.15) is 45.1 Å². The van der Waals surface area contributed by atoms with E-state index in [0.717, 1.165) is 16.7 Å². The average Bonchev–Trinajstić information content (AvgIpc) is 3.01. The van der Waals surface area contributed by atoms with Crippen LogP contribution < -0.4 is 19.5 Å². The molecule has 1 atom stereocenters. The molecular formula is C32H29FN4O5. The van der Waals surface area contributed by atoms with Gasteiger partial charge >= 0.3 is 6.01 Å². The van der Waals surface area contributed by atoms with Gasteiger partial charge in [0.2, 0.25) is 5.91 Å². The van der Waals surface area contributed by atoms with E-state index in [0.29, 0.717) is 55.2 Å². The van der Waals surface area contributed by atoms with Crippen molar-refractivity contribution in [1.82, 2.24) is 20.2 Å². The zero-order chi connectivity index (χ0) is 29.1. The topological polar surface area (TPSA) is 103 Å². The van der Waals surface area contributed by atoms with Crippen molar-refractivity contribution in [2.75, 3.05) is 26.8 Å². The Morgan fingerprint density at radius 2 is 1.93 bits per heavy atom. The summed E-state index contributed by atoms with van der Waals surface area (Å²) < 4.78 is 31.8. The molecule has 3 aliphatic rings. The van der Waals surface area contributed by atoms with Gasteiger partial charge in [0.05, 0.1) is 31.7 Å². The van der Waals surface area contributed by atoms with E-state index in [4.69, 9.17) is 14.2 Å². The molecule has 0 saturated carbocycles. The molecule has 42 heavy (non-hydrogen) atoms. The molecule has 8 bridgehead atoms. The Morgan fingerprint density at radius 3 is 2.76 bits per heavy atom. The van der Waals surface area contributed by atoms with E-state index < -0.39 is 11.9 Å². The number of amides is 2. The van der Waals surface area contributed by atoms with E-state index in [9.17, 15) is 14.0 Å². The highest BCUT2D eigenvalue weighted by Gasteiger charge is 2.33. The Kier molecular flexibility index (Phi) is 7.68. The first-order chi connectivity index (χ1) is 20.5. The number of methoxy groups -OCH3 is 1. The van der Waals surface area contributed by atoms with Crippen LogP contribution in [0.25, 0.3) is 0 Å². The third-order valence-corrected chi connectivity index (χ3v) is 7.34. The lowest BCUT2D eigenvalue weighted by molar-refractivity contribution is -0.120. The number of rotatable bonds is 2. The lowest BCUT2D eigenvalue weighted by Crippen LogP contribution is -2.40. The van der Waals surface area contributed by atoms with Crippen LogP contribution in [0, 0.1) is 5.82 Å². The number of nitrogens with zero attached hydrogens (tertiary/aromatic N) is 3. The smallest absolute Gasteiger partial charge is 0.316 e. The van der Waals surface area contributed by atoms with Gasteiger partial charge < -0.3 is 24.4 Å². The second-order valence-corrected chi connectivity index (χ2v) is 10.1. The second-order valence-electron chi connectivity index (χ2n) is 10.1. The van der Waals surface area contributed by atoms with Gasteiger partial charge in [-0.15, -0.1) is 0 Å². The predicted octanol–water partition coefficient (Wildman–Crippen LogP) is 4.65. The minimum Gasteiger partial charge on any atom is -0.494 e. The monoisotopic (exact) mass is 568 g/mol. The third-order valence-electron chi connectivity index (χ3n) is 7.34. The molecule has 4 aromatic rings. The van der Waals surface area contributed by atoms with Crippen molar-refractivity contribution < 1.29 is 28.2 Å². The molecule has 1 unspecified atom stereocenters. The van der Waals surface area contributed by atoms with Gasteiger partial charge in [-0.25, -0.2) is 14.4 Å². The lowest BCUT2D eigenvalue weighted by Gasteiger charge is -2.38. The number of fused-ring (bicyclic) bond motifs is 7. The molecule has 3 aromatic carbocycles. The molecule has 214 valence electrons. The fourth-order valence-electron chi connectivity index (χ4n) is 5.32. The van der Waals surface area contributed by atoms with Crippen LogP contribution in [0.3, 0.4) is 0 Å².